The van der Waals surface area contributed by atoms with E-state index in [2.05, 4.69) is 12.2 Å². The van der Waals surface area contributed by atoms with Crippen LogP contribution in [0.25, 0.3) is 10.9 Å². The summed E-state index contributed by atoms with van der Waals surface area (Å²) in [5.41, 5.74) is 1.35. The number of aromatic nitrogens is 2. The standard InChI is InChI=1S/C24H30N4O2/c1-4-7-17-28(24(30)25-18-13-9-8-10-14-18)21(5-2)22-26-20-16-12-11-15-19(20)23(29)27(22)6-3/h8-16,21H,4-7,17H2,1-3H3,(H,25,30). The zero-order chi connectivity index (χ0) is 21.5. The third kappa shape index (κ3) is 4.53. The quantitative estimate of drug-likeness (QED) is 0.559. The van der Waals surface area contributed by atoms with E-state index >= 15 is 0 Å². The maximum Gasteiger partial charge on any atom is 0.322 e. The molecule has 1 N–H and O–H groups in total. The third-order valence-corrected chi connectivity index (χ3v) is 5.31. The highest BCUT2D eigenvalue weighted by atomic mass is 16.2. The summed E-state index contributed by atoms with van der Waals surface area (Å²) < 4.78 is 1.70. The van der Waals surface area contributed by atoms with Gasteiger partial charge >= 0.3 is 6.03 Å². The molecule has 2 amide bonds. The van der Waals surface area contributed by atoms with E-state index in [0.717, 1.165) is 18.5 Å². The van der Waals surface area contributed by atoms with E-state index in [0.29, 0.717) is 36.2 Å². The van der Waals surface area contributed by atoms with E-state index < -0.39 is 0 Å². The SMILES string of the molecule is CCCCN(C(=O)Nc1ccccc1)C(CC)c1nc2ccccc2c(=O)n1CC. The minimum absolute atomic E-state index is 0.0598. The maximum atomic E-state index is 13.2. The first-order valence-corrected chi connectivity index (χ1v) is 10.7. The molecule has 30 heavy (non-hydrogen) atoms. The minimum atomic E-state index is -0.294. The first-order valence-electron chi connectivity index (χ1n) is 10.7. The highest BCUT2D eigenvalue weighted by Gasteiger charge is 2.28. The van der Waals surface area contributed by atoms with Gasteiger partial charge in [0.25, 0.3) is 5.56 Å². The van der Waals surface area contributed by atoms with E-state index in [-0.39, 0.29) is 17.6 Å². The molecule has 0 radical (unpaired) electrons. The van der Waals surface area contributed by atoms with E-state index in [9.17, 15) is 9.59 Å². The van der Waals surface area contributed by atoms with Gasteiger partial charge in [-0.1, -0.05) is 50.6 Å². The molecule has 1 aromatic heterocycles. The number of hydrogen-bond acceptors (Lipinski definition) is 3. The lowest BCUT2D eigenvalue weighted by Gasteiger charge is -2.32. The van der Waals surface area contributed by atoms with Crippen LogP contribution in [0.4, 0.5) is 10.5 Å². The summed E-state index contributed by atoms with van der Waals surface area (Å²) in [5.74, 6) is 0.642. The van der Waals surface area contributed by atoms with Crippen molar-refractivity contribution in [2.75, 3.05) is 11.9 Å². The number of urea groups is 1. The number of anilines is 1. The normalized spacial score (nSPS) is 12.0. The van der Waals surface area contributed by atoms with Gasteiger partial charge < -0.3 is 10.2 Å². The van der Waals surface area contributed by atoms with Gasteiger partial charge in [0.1, 0.15) is 5.82 Å². The Bertz CT molecular complexity index is 1050. The Morgan fingerprint density at radius 3 is 2.43 bits per heavy atom. The number of nitrogens with one attached hydrogen (secondary N) is 1. The highest BCUT2D eigenvalue weighted by Crippen LogP contribution is 2.25. The molecule has 0 aliphatic carbocycles. The van der Waals surface area contributed by atoms with Crippen molar-refractivity contribution in [2.24, 2.45) is 0 Å². The van der Waals surface area contributed by atoms with Crippen molar-refractivity contribution in [3.05, 3.63) is 70.8 Å². The summed E-state index contributed by atoms with van der Waals surface area (Å²) in [6, 6.07) is 16.4. The fourth-order valence-corrected chi connectivity index (χ4v) is 3.73. The van der Waals surface area contributed by atoms with Crippen LogP contribution in [-0.4, -0.2) is 27.0 Å². The van der Waals surface area contributed by atoms with Crippen molar-refractivity contribution in [1.82, 2.24) is 14.5 Å². The van der Waals surface area contributed by atoms with Crippen LogP contribution in [0.1, 0.15) is 51.9 Å². The number of nitrogens with zero attached hydrogens (tertiary/aromatic N) is 3. The van der Waals surface area contributed by atoms with Crippen molar-refractivity contribution in [3.63, 3.8) is 0 Å². The van der Waals surface area contributed by atoms with Crippen LogP contribution in [0.15, 0.2) is 59.4 Å². The molecule has 0 saturated carbocycles. The second-order valence-corrected chi connectivity index (χ2v) is 7.30. The predicted octanol–water partition coefficient (Wildman–Crippen LogP) is 5.20. The average molecular weight is 407 g/mol. The van der Waals surface area contributed by atoms with Gasteiger partial charge in [-0.3, -0.25) is 9.36 Å². The van der Waals surface area contributed by atoms with Crippen LogP contribution in [0.3, 0.4) is 0 Å². The molecule has 0 bridgehead atoms. The molecule has 1 atom stereocenters. The summed E-state index contributed by atoms with van der Waals surface area (Å²) in [6.45, 7) is 7.17. The van der Waals surface area contributed by atoms with Crippen molar-refractivity contribution in [1.29, 1.82) is 0 Å². The Morgan fingerprint density at radius 2 is 1.77 bits per heavy atom. The van der Waals surface area contributed by atoms with Gasteiger partial charge in [-0.2, -0.15) is 0 Å². The number of fused-ring (bicyclic) bond motifs is 1. The summed E-state index contributed by atoms with van der Waals surface area (Å²) in [4.78, 5) is 33.0. The van der Waals surface area contributed by atoms with Crippen LogP contribution >= 0.6 is 0 Å². The number of carbonyl (C=O) groups is 1. The van der Waals surface area contributed by atoms with E-state index in [1.807, 2.05) is 67.3 Å². The number of para-hydroxylation sites is 2. The lowest BCUT2D eigenvalue weighted by atomic mass is 10.1. The van der Waals surface area contributed by atoms with E-state index in [1.165, 1.54) is 0 Å². The van der Waals surface area contributed by atoms with Gasteiger partial charge in [-0.25, -0.2) is 9.78 Å². The van der Waals surface area contributed by atoms with Gasteiger partial charge in [-0.15, -0.1) is 0 Å². The first kappa shape index (κ1) is 21.6. The summed E-state index contributed by atoms with van der Waals surface area (Å²) in [6.07, 6.45) is 2.51. The van der Waals surface area contributed by atoms with Gasteiger partial charge in [-0.05, 0) is 44.0 Å². The second-order valence-electron chi connectivity index (χ2n) is 7.30. The topological polar surface area (TPSA) is 67.2 Å². The zero-order valence-electron chi connectivity index (χ0n) is 18.0. The number of amides is 2. The van der Waals surface area contributed by atoms with Gasteiger partial charge in [0.15, 0.2) is 0 Å². The molecule has 3 aromatic rings. The molecule has 0 saturated heterocycles. The Kier molecular flexibility index (Phi) is 7.22. The smallest absolute Gasteiger partial charge is 0.314 e. The minimum Gasteiger partial charge on any atom is -0.314 e. The lowest BCUT2D eigenvalue weighted by Crippen LogP contribution is -2.41. The molecule has 0 fully saturated rings. The second kappa shape index (κ2) is 10.1. The number of unbranched alkanes of at least 4 members (excludes halogenated alkanes) is 1. The molecule has 0 aliphatic heterocycles. The van der Waals surface area contributed by atoms with Crippen molar-refractivity contribution in [3.8, 4) is 0 Å². The van der Waals surface area contributed by atoms with E-state index in [1.54, 1.807) is 10.6 Å². The average Bonchev–Trinajstić information content (AvgIpc) is 2.77. The molecule has 6 heteroatoms. The number of hydrogen-bond donors (Lipinski definition) is 1. The number of carbonyl (C=O) groups excluding carboxylic acids is 1. The summed E-state index contributed by atoms with van der Waals surface area (Å²) in [5, 5.41) is 3.60. The number of rotatable bonds is 8. The van der Waals surface area contributed by atoms with Gasteiger partial charge in [0.05, 0.1) is 16.9 Å². The molecule has 158 valence electrons. The largest absolute Gasteiger partial charge is 0.322 e. The van der Waals surface area contributed by atoms with Crippen molar-refractivity contribution < 1.29 is 4.79 Å². The van der Waals surface area contributed by atoms with Gasteiger partial charge in [0.2, 0.25) is 0 Å². The van der Waals surface area contributed by atoms with Crippen LogP contribution < -0.4 is 10.9 Å². The molecule has 0 aliphatic rings. The van der Waals surface area contributed by atoms with Crippen molar-refractivity contribution >= 4 is 22.6 Å². The number of benzene rings is 2. The maximum absolute atomic E-state index is 13.2. The summed E-state index contributed by atoms with van der Waals surface area (Å²) in [7, 11) is 0. The Balaban J connectivity index is 2.05. The Morgan fingerprint density at radius 1 is 1.07 bits per heavy atom. The summed E-state index contributed by atoms with van der Waals surface area (Å²) >= 11 is 0. The van der Waals surface area contributed by atoms with Crippen LogP contribution in [-0.2, 0) is 6.54 Å². The molecule has 2 aromatic carbocycles. The van der Waals surface area contributed by atoms with E-state index in [4.69, 9.17) is 4.98 Å². The fraction of sp³-hybridized carbons (Fsp3) is 0.375. The van der Waals surface area contributed by atoms with Gasteiger partial charge in [0, 0.05) is 18.8 Å². The predicted molar refractivity (Wildman–Crippen MR) is 122 cm³/mol. The lowest BCUT2D eigenvalue weighted by molar-refractivity contribution is 0.178. The molecular weight excluding hydrogens is 376 g/mol. The molecular formula is C24H30N4O2. The molecule has 0 spiro atoms. The van der Waals surface area contributed by atoms with Crippen LogP contribution in [0, 0.1) is 0 Å². The Hall–Kier alpha value is -3.15. The monoisotopic (exact) mass is 406 g/mol. The fourth-order valence-electron chi connectivity index (χ4n) is 3.73. The molecule has 6 nitrogen and oxygen atoms in total. The highest BCUT2D eigenvalue weighted by molar-refractivity contribution is 5.89. The van der Waals surface area contributed by atoms with Crippen molar-refractivity contribution in [2.45, 2.75) is 52.6 Å². The zero-order valence-corrected chi connectivity index (χ0v) is 18.0. The Labute approximate surface area is 177 Å². The van der Waals surface area contributed by atoms with Crippen LogP contribution in [0.5, 0.6) is 0 Å². The van der Waals surface area contributed by atoms with Crippen LogP contribution in [0.2, 0.25) is 0 Å². The molecule has 3 rings (SSSR count). The third-order valence-electron chi connectivity index (χ3n) is 5.31. The molecule has 1 heterocycles. The first-order chi connectivity index (χ1) is 14.6. The molecule has 1 unspecified atom stereocenters.